The molecular weight excluding hydrogens is 292 g/mol. The Labute approximate surface area is 137 Å². The number of amides is 2. The van der Waals surface area contributed by atoms with Gasteiger partial charge in [-0.2, -0.15) is 0 Å². The average molecular weight is 318 g/mol. The second-order valence-corrected chi connectivity index (χ2v) is 6.57. The Morgan fingerprint density at radius 2 is 2.22 bits per heavy atom. The molecule has 2 fully saturated rings. The van der Waals surface area contributed by atoms with Crippen LogP contribution >= 0.6 is 0 Å². The van der Waals surface area contributed by atoms with Crippen LogP contribution in [0.5, 0.6) is 5.75 Å². The van der Waals surface area contributed by atoms with E-state index in [2.05, 4.69) is 11.4 Å². The topological polar surface area (TPSA) is 50.8 Å². The van der Waals surface area contributed by atoms with E-state index in [0.717, 1.165) is 42.7 Å². The predicted molar refractivity (Wildman–Crippen MR) is 88.7 cm³/mol. The molecule has 0 spiro atoms. The number of hydrogen-bond acceptors (Lipinski definition) is 3. The summed E-state index contributed by atoms with van der Waals surface area (Å²) in [6.07, 6.45) is 4.49. The Bertz CT molecular complexity index is 551. The normalized spacial score (nSPS) is 20.9. The summed E-state index contributed by atoms with van der Waals surface area (Å²) in [5.74, 6) is 0.854. The van der Waals surface area contributed by atoms with Crippen molar-refractivity contribution in [1.82, 2.24) is 10.2 Å². The molecule has 23 heavy (non-hydrogen) atoms. The van der Waals surface area contributed by atoms with Crippen LogP contribution in [-0.4, -0.2) is 43.3 Å². The van der Waals surface area contributed by atoms with Gasteiger partial charge in [-0.15, -0.1) is 0 Å². The minimum absolute atomic E-state index is 0.00887. The SMILES string of the molecule is Cc1ccc(CNC(=O)N(C)C2CCC2)c(O[C@@H]2CCOC2)c1. The van der Waals surface area contributed by atoms with E-state index in [4.69, 9.17) is 9.47 Å². The predicted octanol–water partition coefficient (Wildman–Crippen LogP) is 2.86. The van der Waals surface area contributed by atoms with E-state index in [1.165, 1.54) is 6.42 Å². The molecule has 3 rings (SSSR count). The van der Waals surface area contributed by atoms with E-state index in [-0.39, 0.29) is 12.1 Å². The van der Waals surface area contributed by atoms with Crippen LogP contribution in [0.3, 0.4) is 0 Å². The molecule has 1 aliphatic heterocycles. The average Bonchev–Trinajstić information content (AvgIpc) is 2.97. The van der Waals surface area contributed by atoms with Crippen LogP contribution < -0.4 is 10.1 Å². The molecule has 0 bridgehead atoms. The van der Waals surface area contributed by atoms with Gasteiger partial charge in [0, 0.05) is 31.6 Å². The summed E-state index contributed by atoms with van der Waals surface area (Å²) >= 11 is 0. The van der Waals surface area contributed by atoms with Crippen molar-refractivity contribution in [3.8, 4) is 5.75 Å². The Kier molecular flexibility index (Phi) is 5.06. The Morgan fingerprint density at radius 3 is 2.87 bits per heavy atom. The number of ether oxygens (including phenoxy) is 2. The zero-order chi connectivity index (χ0) is 16.2. The van der Waals surface area contributed by atoms with Gasteiger partial charge in [-0.3, -0.25) is 0 Å². The molecule has 1 heterocycles. The molecule has 1 saturated carbocycles. The lowest BCUT2D eigenvalue weighted by Crippen LogP contribution is -2.46. The van der Waals surface area contributed by atoms with Gasteiger partial charge in [-0.25, -0.2) is 4.79 Å². The fourth-order valence-electron chi connectivity index (χ4n) is 2.94. The molecule has 0 unspecified atom stereocenters. The van der Waals surface area contributed by atoms with Crippen molar-refractivity contribution >= 4 is 6.03 Å². The highest BCUT2D eigenvalue weighted by atomic mass is 16.5. The molecule has 1 aromatic rings. The van der Waals surface area contributed by atoms with Crippen molar-refractivity contribution in [2.45, 2.75) is 51.3 Å². The third kappa shape index (κ3) is 3.96. The summed E-state index contributed by atoms with van der Waals surface area (Å²) in [6, 6.07) is 6.51. The van der Waals surface area contributed by atoms with E-state index < -0.39 is 0 Å². The van der Waals surface area contributed by atoms with E-state index in [1.54, 1.807) is 0 Å². The molecule has 126 valence electrons. The number of nitrogens with one attached hydrogen (secondary N) is 1. The molecule has 5 nitrogen and oxygen atoms in total. The van der Waals surface area contributed by atoms with Crippen LogP contribution in [0, 0.1) is 6.92 Å². The number of hydrogen-bond donors (Lipinski definition) is 1. The van der Waals surface area contributed by atoms with Gasteiger partial charge in [0.2, 0.25) is 0 Å². The number of benzene rings is 1. The standard InChI is InChI=1S/C18H26N2O3/c1-13-6-7-14(17(10-13)23-16-8-9-22-12-16)11-19-18(21)20(2)15-4-3-5-15/h6-7,10,15-16H,3-5,8-9,11-12H2,1-2H3,(H,19,21)/t16-/m1/s1. The fraction of sp³-hybridized carbons (Fsp3) is 0.611. The molecule has 5 heteroatoms. The number of rotatable bonds is 5. The fourth-order valence-corrected chi connectivity index (χ4v) is 2.94. The summed E-state index contributed by atoms with van der Waals surface area (Å²) in [4.78, 5) is 14.0. The number of carbonyl (C=O) groups is 1. The first-order valence-corrected chi connectivity index (χ1v) is 8.48. The largest absolute Gasteiger partial charge is 0.488 e. The number of nitrogens with zero attached hydrogens (tertiary/aromatic N) is 1. The van der Waals surface area contributed by atoms with Gasteiger partial charge in [0.05, 0.1) is 13.2 Å². The first-order valence-electron chi connectivity index (χ1n) is 8.48. The van der Waals surface area contributed by atoms with E-state index in [9.17, 15) is 4.79 Å². The van der Waals surface area contributed by atoms with Crippen LogP contribution in [0.25, 0.3) is 0 Å². The van der Waals surface area contributed by atoms with Gasteiger partial charge in [-0.05, 0) is 37.8 Å². The zero-order valence-corrected chi connectivity index (χ0v) is 14.0. The Balaban J connectivity index is 1.60. The van der Waals surface area contributed by atoms with Crippen molar-refractivity contribution in [2.75, 3.05) is 20.3 Å². The molecule has 0 aromatic heterocycles. The minimum Gasteiger partial charge on any atom is -0.488 e. The smallest absolute Gasteiger partial charge is 0.317 e. The first kappa shape index (κ1) is 16.1. The molecule has 2 aliphatic rings. The third-order valence-corrected chi connectivity index (χ3v) is 4.78. The van der Waals surface area contributed by atoms with Gasteiger partial charge in [-0.1, -0.05) is 12.1 Å². The van der Waals surface area contributed by atoms with Crippen LogP contribution in [0.15, 0.2) is 18.2 Å². The maximum absolute atomic E-state index is 12.2. The lowest BCUT2D eigenvalue weighted by Gasteiger charge is -2.34. The van der Waals surface area contributed by atoms with Gasteiger partial charge in [0.15, 0.2) is 0 Å². The van der Waals surface area contributed by atoms with Gasteiger partial charge >= 0.3 is 6.03 Å². The van der Waals surface area contributed by atoms with Gasteiger partial charge in [0.1, 0.15) is 11.9 Å². The van der Waals surface area contributed by atoms with Gasteiger partial charge in [0.25, 0.3) is 0 Å². The number of carbonyl (C=O) groups excluding carboxylic acids is 1. The Hall–Kier alpha value is -1.75. The molecule has 1 atom stereocenters. The molecule has 1 saturated heterocycles. The number of aryl methyl sites for hydroxylation is 1. The number of urea groups is 1. The molecule has 2 amide bonds. The third-order valence-electron chi connectivity index (χ3n) is 4.78. The lowest BCUT2D eigenvalue weighted by atomic mass is 9.92. The van der Waals surface area contributed by atoms with Crippen molar-refractivity contribution in [3.05, 3.63) is 29.3 Å². The van der Waals surface area contributed by atoms with Crippen molar-refractivity contribution < 1.29 is 14.3 Å². The second kappa shape index (κ2) is 7.21. The van der Waals surface area contributed by atoms with Gasteiger partial charge < -0.3 is 19.7 Å². The maximum Gasteiger partial charge on any atom is 0.317 e. The maximum atomic E-state index is 12.2. The van der Waals surface area contributed by atoms with E-state index in [0.29, 0.717) is 19.2 Å². The minimum atomic E-state index is -0.00887. The van der Waals surface area contributed by atoms with Crippen LogP contribution in [0.2, 0.25) is 0 Å². The summed E-state index contributed by atoms with van der Waals surface area (Å²) in [5.41, 5.74) is 2.17. The summed E-state index contributed by atoms with van der Waals surface area (Å²) in [6.45, 7) is 3.93. The summed E-state index contributed by atoms with van der Waals surface area (Å²) in [5, 5.41) is 3.01. The summed E-state index contributed by atoms with van der Waals surface area (Å²) < 4.78 is 11.4. The monoisotopic (exact) mass is 318 g/mol. The molecule has 1 aromatic carbocycles. The van der Waals surface area contributed by atoms with Crippen LogP contribution in [-0.2, 0) is 11.3 Å². The molecule has 0 radical (unpaired) electrons. The highest BCUT2D eigenvalue weighted by Crippen LogP contribution is 2.25. The second-order valence-electron chi connectivity index (χ2n) is 6.57. The van der Waals surface area contributed by atoms with Crippen molar-refractivity contribution in [1.29, 1.82) is 0 Å². The lowest BCUT2D eigenvalue weighted by molar-refractivity contribution is 0.140. The molecular formula is C18H26N2O3. The quantitative estimate of drug-likeness (QED) is 0.908. The first-order chi connectivity index (χ1) is 11.1. The highest BCUT2D eigenvalue weighted by molar-refractivity contribution is 5.74. The van der Waals surface area contributed by atoms with Crippen LogP contribution in [0.4, 0.5) is 4.79 Å². The summed E-state index contributed by atoms with van der Waals surface area (Å²) in [7, 11) is 1.88. The Morgan fingerprint density at radius 1 is 1.39 bits per heavy atom. The molecule has 1 N–H and O–H groups in total. The zero-order valence-electron chi connectivity index (χ0n) is 14.0. The van der Waals surface area contributed by atoms with Crippen molar-refractivity contribution in [2.24, 2.45) is 0 Å². The highest BCUT2D eigenvalue weighted by Gasteiger charge is 2.25. The van der Waals surface area contributed by atoms with E-state index >= 15 is 0 Å². The van der Waals surface area contributed by atoms with Crippen molar-refractivity contribution in [3.63, 3.8) is 0 Å². The van der Waals surface area contributed by atoms with E-state index in [1.807, 2.05) is 31.0 Å². The van der Waals surface area contributed by atoms with Crippen LogP contribution in [0.1, 0.15) is 36.8 Å². The molecule has 1 aliphatic carbocycles.